The van der Waals surface area contributed by atoms with Crippen LogP contribution in [0.1, 0.15) is 32.8 Å². The van der Waals surface area contributed by atoms with E-state index in [9.17, 15) is 14.4 Å². The molecule has 1 fully saturated rings. The number of nitrogens with one attached hydrogen (secondary N) is 1. The van der Waals surface area contributed by atoms with E-state index in [0.29, 0.717) is 12.8 Å². The Labute approximate surface area is 153 Å². The predicted octanol–water partition coefficient (Wildman–Crippen LogP) is 2.67. The van der Waals surface area contributed by atoms with Crippen LogP contribution < -0.4 is 5.32 Å². The van der Waals surface area contributed by atoms with Gasteiger partial charge in [0.2, 0.25) is 5.91 Å². The normalized spacial score (nSPS) is 25.7. The van der Waals surface area contributed by atoms with E-state index in [4.69, 9.17) is 9.47 Å². The number of esters is 1. The summed E-state index contributed by atoms with van der Waals surface area (Å²) >= 11 is 0. The van der Waals surface area contributed by atoms with Crippen LogP contribution in [-0.2, 0) is 30.3 Å². The Balaban J connectivity index is 2.15. The van der Waals surface area contributed by atoms with Crippen molar-refractivity contribution in [2.75, 3.05) is 12.4 Å². The van der Waals surface area contributed by atoms with Crippen LogP contribution in [0.3, 0.4) is 0 Å². The Hall–Kier alpha value is -2.47. The molecule has 3 unspecified atom stereocenters. The summed E-state index contributed by atoms with van der Waals surface area (Å²) in [5.74, 6) is -1.06. The van der Waals surface area contributed by atoms with Gasteiger partial charge in [-0.05, 0) is 44.4 Å². The van der Waals surface area contributed by atoms with Crippen LogP contribution in [0.25, 0.3) is 0 Å². The number of methoxy groups -OCH3 is 1. The number of ether oxygens (including phenoxy) is 2. The summed E-state index contributed by atoms with van der Waals surface area (Å²) < 4.78 is 10.8. The molecule has 1 saturated heterocycles. The Kier molecular flexibility index (Phi) is 5.97. The summed E-state index contributed by atoms with van der Waals surface area (Å²) in [6, 6.07) is 7.42. The Morgan fingerprint density at radius 1 is 1.31 bits per heavy atom. The Bertz CT molecular complexity index is 724. The third-order valence-electron chi connectivity index (χ3n) is 4.85. The second-order valence-electron chi connectivity index (χ2n) is 6.73. The van der Waals surface area contributed by atoms with Crippen LogP contribution in [0.5, 0.6) is 0 Å². The lowest BCUT2D eigenvalue weighted by Crippen LogP contribution is -2.55. The van der Waals surface area contributed by atoms with Gasteiger partial charge in [0.25, 0.3) is 0 Å². The van der Waals surface area contributed by atoms with Crippen LogP contribution in [-0.4, -0.2) is 37.0 Å². The molecular formula is C20H25NO5. The van der Waals surface area contributed by atoms with Crippen LogP contribution in [0.2, 0.25) is 0 Å². The van der Waals surface area contributed by atoms with Crippen LogP contribution in [0.15, 0.2) is 36.4 Å². The van der Waals surface area contributed by atoms with E-state index in [1.54, 1.807) is 13.8 Å². The fourth-order valence-corrected chi connectivity index (χ4v) is 3.18. The number of aryl methyl sites for hydroxylation is 1. The molecule has 0 aliphatic carbocycles. The van der Waals surface area contributed by atoms with Crippen molar-refractivity contribution in [3.05, 3.63) is 42.0 Å². The van der Waals surface area contributed by atoms with Gasteiger partial charge < -0.3 is 14.8 Å². The third-order valence-corrected chi connectivity index (χ3v) is 4.85. The monoisotopic (exact) mass is 359 g/mol. The number of rotatable bonds is 5. The minimum atomic E-state index is -1.39. The average molecular weight is 359 g/mol. The van der Waals surface area contributed by atoms with Gasteiger partial charge in [-0.2, -0.15) is 0 Å². The first-order valence-electron chi connectivity index (χ1n) is 8.54. The van der Waals surface area contributed by atoms with Gasteiger partial charge in [-0.25, -0.2) is 0 Å². The molecule has 3 atom stereocenters. The minimum absolute atomic E-state index is 0.130. The summed E-state index contributed by atoms with van der Waals surface area (Å²) in [6.07, 6.45) is 0.0590. The molecule has 1 N–H and O–H groups in total. The first-order chi connectivity index (χ1) is 12.2. The maximum absolute atomic E-state index is 12.7. The van der Waals surface area contributed by atoms with E-state index < -0.39 is 23.6 Å². The minimum Gasteiger partial charge on any atom is -0.468 e. The molecule has 2 rings (SSSR count). The quantitative estimate of drug-likeness (QED) is 0.497. The maximum atomic E-state index is 12.7. The summed E-state index contributed by atoms with van der Waals surface area (Å²) in [4.78, 5) is 36.1. The van der Waals surface area contributed by atoms with Gasteiger partial charge in [0.05, 0.1) is 19.3 Å². The number of Topliss-reactive ketones (excluding diaryl/α,β-unsaturated/α-hetero) is 1. The number of ketones is 1. The van der Waals surface area contributed by atoms with Gasteiger partial charge in [-0.15, -0.1) is 0 Å². The molecule has 0 aromatic heterocycles. The standard InChI is InChI=1S/C20H25NO5/c1-12-13(2)26-17(20(4,18(12)23)19(24)25-5)11-8-15-6-9-16(10-7-15)21-14(3)22/h6-7,9-10,13,17H,1,8,11H2,2-5H3,(H,21,22). The number of hydrogen-bond acceptors (Lipinski definition) is 5. The highest BCUT2D eigenvalue weighted by molar-refractivity contribution is 6.13. The molecule has 1 amide bonds. The SMILES string of the molecule is C=C1C(=O)C(C)(C(=O)OC)C(CCc2ccc(NC(C)=O)cc2)OC1C. The van der Waals surface area contributed by atoms with Crippen molar-refractivity contribution in [2.24, 2.45) is 5.41 Å². The van der Waals surface area contributed by atoms with Crippen LogP contribution in [0, 0.1) is 5.41 Å². The Morgan fingerprint density at radius 3 is 2.46 bits per heavy atom. The fraction of sp³-hybridized carbons (Fsp3) is 0.450. The van der Waals surface area contributed by atoms with Gasteiger partial charge in [-0.3, -0.25) is 14.4 Å². The molecule has 1 aliphatic rings. The van der Waals surface area contributed by atoms with Gasteiger partial charge in [0.15, 0.2) is 11.2 Å². The number of benzene rings is 1. The van der Waals surface area contributed by atoms with Crippen LogP contribution in [0.4, 0.5) is 5.69 Å². The molecule has 1 aromatic rings. The van der Waals surface area contributed by atoms with Gasteiger partial charge in [0, 0.05) is 18.2 Å². The van der Waals surface area contributed by atoms with Crippen molar-refractivity contribution in [1.82, 2.24) is 0 Å². The van der Waals surface area contributed by atoms with Gasteiger partial charge in [0.1, 0.15) is 0 Å². The lowest BCUT2D eigenvalue weighted by molar-refractivity contribution is -0.175. The largest absolute Gasteiger partial charge is 0.468 e. The summed E-state index contributed by atoms with van der Waals surface area (Å²) in [6.45, 7) is 8.52. The first-order valence-corrected chi connectivity index (χ1v) is 8.54. The zero-order valence-electron chi connectivity index (χ0n) is 15.6. The summed E-state index contributed by atoms with van der Waals surface area (Å²) in [7, 11) is 1.26. The first kappa shape index (κ1) is 19.8. The van der Waals surface area contributed by atoms with Crippen molar-refractivity contribution >= 4 is 23.3 Å². The molecule has 0 radical (unpaired) electrons. The lowest BCUT2D eigenvalue weighted by atomic mass is 9.72. The van der Waals surface area contributed by atoms with Crippen molar-refractivity contribution < 1.29 is 23.9 Å². The van der Waals surface area contributed by atoms with E-state index in [0.717, 1.165) is 11.3 Å². The highest BCUT2D eigenvalue weighted by Crippen LogP contribution is 2.39. The molecule has 140 valence electrons. The van der Waals surface area contributed by atoms with Gasteiger partial charge in [-0.1, -0.05) is 18.7 Å². The molecule has 1 aliphatic heterocycles. The van der Waals surface area contributed by atoms with E-state index in [1.165, 1.54) is 14.0 Å². The smallest absolute Gasteiger partial charge is 0.322 e. The average Bonchev–Trinajstić information content (AvgIpc) is 2.61. The summed E-state index contributed by atoms with van der Waals surface area (Å²) in [5.41, 5.74) is 0.622. The molecule has 26 heavy (non-hydrogen) atoms. The highest BCUT2D eigenvalue weighted by Gasteiger charge is 2.54. The molecule has 0 spiro atoms. The fourth-order valence-electron chi connectivity index (χ4n) is 3.18. The van der Waals surface area contributed by atoms with E-state index in [-0.39, 0.29) is 17.3 Å². The third kappa shape index (κ3) is 3.85. The number of amides is 1. The molecule has 1 aromatic carbocycles. The van der Waals surface area contributed by atoms with E-state index >= 15 is 0 Å². The van der Waals surface area contributed by atoms with E-state index in [2.05, 4.69) is 11.9 Å². The van der Waals surface area contributed by atoms with Crippen molar-refractivity contribution in [1.29, 1.82) is 0 Å². The van der Waals surface area contributed by atoms with Crippen molar-refractivity contribution in [3.8, 4) is 0 Å². The molecular weight excluding hydrogens is 334 g/mol. The van der Waals surface area contributed by atoms with Gasteiger partial charge >= 0.3 is 5.97 Å². The van der Waals surface area contributed by atoms with Crippen molar-refractivity contribution in [3.63, 3.8) is 0 Å². The molecule has 1 heterocycles. The molecule has 0 saturated carbocycles. The number of anilines is 1. The second kappa shape index (κ2) is 7.83. The Morgan fingerprint density at radius 2 is 1.92 bits per heavy atom. The highest BCUT2D eigenvalue weighted by atomic mass is 16.5. The summed E-state index contributed by atoms with van der Waals surface area (Å²) in [5, 5.41) is 2.71. The zero-order valence-corrected chi connectivity index (χ0v) is 15.6. The zero-order chi connectivity index (χ0) is 19.5. The van der Waals surface area contributed by atoms with Crippen molar-refractivity contribution in [2.45, 2.75) is 45.8 Å². The number of carbonyl (C=O) groups is 3. The molecule has 0 bridgehead atoms. The molecule has 6 nitrogen and oxygen atoms in total. The molecule has 6 heteroatoms. The van der Waals surface area contributed by atoms with Crippen LogP contribution >= 0.6 is 0 Å². The maximum Gasteiger partial charge on any atom is 0.322 e. The number of hydrogen-bond donors (Lipinski definition) is 1. The predicted molar refractivity (Wildman–Crippen MR) is 97.7 cm³/mol. The second-order valence-corrected chi connectivity index (χ2v) is 6.73. The van der Waals surface area contributed by atoms with E-state index in [1.807, 2.05) is 24.3 Å². The lowest BCUT2D eigenvalue weighted by Gasteiger charge is -2.41. The topological polar surface area (TPSA) is 81.7 Å². The number of carbonyl (C=O) groups excluding carboxylic acids is 3.